The fourth-order valence-electron chi connectivity index (χ4n) is 0.811. The van der Waals surface area contributed by atoms with Gasteiger partial charge in [-0.1, -0.05) is 18.2 Å². The smallest absolute Gasteiger partial charge is 0.308 e. The Morgan fingerprint density at radius 2 is 1.87 bits per heavy atom. The predicted molar refractivity (Wildman–Crippen MR) is 61.0 cm³/mol. The standard InChI is InChI=1S/C7H10N3O3PS/c11-14(12,13)10-7(15)9-8-6-4-2-1-3-5-6/h1-5,8H,(H4,9,10,11,12,13,15). The molecule has 0 unspecified atom stereocenters. The van der Waals surface area contributed by atoms with Gasteiger partial charge in [0, 0.05) is 0 Å². The first-order valence-electron chi connectivity index (χ1n) is 3.92. The molecule has 0 amide bonds. The summed E-state index contributed by atoms with van der Waals surface area (Å²) < 4.78 is 10.5. The first-order valence-corrected chi connectivity index (χ1v) is 5.94. The van der Waals surface area contributed by atoms with Crippen molar-refractivity contribution in [2.45, 2.75) is 0 Å². The third-order valence-corrected chi connectivity index (χ3v) is 2.21. The summed E-state index contributed by atoms with van der Waals surface area (Å²) in [7, 11) is -4.34. The molecule has 0 saturated heterocycles. The van der Waals surface area contributed by atoms with Crippen molar-refractivity contribution < 1.29 is 14.4 Å². The Labute approximate surface area is 91.9 Å². The Balaban J connectivity index is 2.39. The van der Waals surface area contributed by atoms with E-state index in [1.165, 1.54) is 0 Å². The number of rotatable bonds is 3. The molecule has 1 aromatic carbocycles. The summed E-state index contributed by atoms with van der Waals surface area (Å²) >= 11 is 4.62. The number of hydrogen-bond donors (Lipinski definition) is 5. The van der Waals surface area contributed by atoms with Crippen LogP contribution in [0.2, 0.25) is 0 Å². The highest BCUT2D eigenvalue weighted by Crippen LogP contribution is 2.27. The topological polar surface area (TPSA) is 93.6 Å². The third kappa shape index (κ3) is 5.34. The van der Waals surface area contributed by atoms with Crippen LogP contribution in [0, 0.1) is 0 Å². The van der Waals surface area contributed by atoms with E-state index in [1.54, 1.807) is 12.1 Å². The number of nitrogens with one attached hydrogen (secondary N) is 3. The molecule has 5 N–H and O–H groups in total. The van der Waals surface area contributed by atoms with Gasteiger partial charge in [-0.15, -0.1) is 0 Å². The highest BCUT2D eigenvalue weighted by atomic mass is 32.1. The molecule has 0 fully saturated rings. The Hall–Kier alpha value is -1.14. The van der Waals surface area contributed by atoms with Crippen LogP contribution in [0.5, 0.6) is 0 Å². The molecule has 0 heterocycles. The zero-order valence-electron chi connectivity index (χ0n) is 7.54. The summed E-state index contributed by atoms with van der Waals surface area (Å²) in [6.07, 6.45) is 0. The van der Waals surface area contributed by atoms with Crippen LogP contribution >= 0.6 is 20.0 Å². The molecule has 0 aliphatic heterocycles. The molecule has 1 rings (SSSR count). The number of para-hydroxylation sites is 1. The molecule has 0 aliphatic carbocycles. The largest absolute Gasteiger partial charge is 0.429 e. The number of benzene rings is 1. The Kier molecular flexibility index (Phi) is 4.05. The second-order valence-corrected chi connectivity index (χ2v) is 4.32. The van der Waals surface area contributed by atoms with Crippen molar-refractivity contribution in [3.05, 3.63) is 30.3 Å². The van der Waals surface area contributed by atoms with Crippen molar-refractivity contribution in [3.8, 4) is 0 Å². The van der Waals surface area contributed by atoms with E-state index in [0.717, 1.165) is 5.69 Å². The van der Waals surface area contributed by atoms with E-state index in [0.29, 0.717) is 0 Å². The molecule has 1 aromatic rings. The lowest BCUT2D eigenvalue weighted by Gasteiger charge is -2.12. The Bertz CT molecular complexity index is 380. The molecule has 0 spiro atoms. The zero-order chi connectivity index (χ0) is 11.3. The lowest BCUT2D eigenvalue weighted by molar-refractivity contribution is 0.367. The molecular weight excluding hydrogens is 237 g/mol. The average Bonchev–Trinajstić information content (AvgIpc) is 2.14. The van der Waals surface area contributed by atoms with Crippen LogP contribution in [0.4, 0.5) is 5.69 Å². The molecule has 15 heavy (non-hydrogen) atoms. The van der Waals surface area contributed by atoms with E-state index in [9.17, 15) is 4.57 Å². The van der Waals surface area contributed by atoms with Gasteiger partial charge in [-0.25, -0.2) is 4.57 Å². The average molecular weight is 247 g/mol. The van der Waals surface area contributed by atoms with E-state index in [1.807, 2.05) is 23.3 Å². The van der Waals surface area contributed by atoms with Crippen molar-refractivity contribution in [2.24, 2.45) is 0 Å². The number of hydrazine groups is 1. The van der Waals surface area contributed by atoms with Crippen LogP contribution in [-0.2, 0) is 4.57 Å². The fraction of sp³-hybridized carbons (Fsp3) is 0. The van der Waals surface area contributed by atoms with Crippen molar-refractivity contribution in [1.82, 2.24) is 10.5 Å². The molecule has 0 radical (unpaired) electrons. The van der Waals surface area contributed by atoms with Gasteiger partial charge in [0.1, 0.15) is 0 Å². The fourth-order valence-corrected chi connectivity index (χ4v) is 1.54. The lowest BCUT2D eigenvalue weighted by Crippen LogP contribution is -2.36. The van der Waals surface area contributed by atoms with Crippen molar-refractivity contribution in [2.75, 3.05) is 5.43 Å². The van der Waals surface area contributed by atoms with Crippen LogP contribution < -0.4 is 15.9 Å². The second kappa shape index (κ2) is 5.09. The lowest BCUT2D eigenvalue weighted by atomic mass is 10.3. The maximum absolute atomic E-state index is 10.5. The summed E-state index contributed by atoms with van der Waals surface area (Å²) in [6.45, 7) is 0. The van der Waals surface area contributed by atoms with E-state index < -0.39 is 7.75 Å². The Morgan fingerprint density at radius 3 is 2.40 bits per heavy atom. The minimum Gasteiger partial charge on any atom is -0.308 e. The maximum Gasteiger partial charge on any atom is 0.429 e. The highest BCUT2D eigenvalue weighted by Gasteiger charge is 2.13. The van der Waals surface area contributed by atoms with Gasteiger partial charge in [-0.2, -0.15) is 0 Å². The van der Waals surface area contributed by atoms with Crippen molar-refractivity contribution >= 4 is 30.8 Å². The van der Waals surface area contributed by atoms with Crippen LogP contribution in [0.1, 0.15) is 0 Å². The van der Waals surface area contributed by atoms with Gasteiger partial charge < -0.3 is 9.79 Å². The van der Waals surface area contributed by atoms with Crippen LogP contribution in [0.3, 0.4) is 0 Å². The van der Waals surface area contributed by atoms with Crippen LogP contribution in [0.25, 0.3) is 0 Å². The zero-order valence-corrected chi connectivity index (χ0v) is 9.26. The normalized spacial score (nSPS) is 10.5. The number of anilines is 1. The molecule has 0 bridgehead atoms. The first-order chi connectivity index (χ1) is 6.97. The predicted octanol–water partition coefficient (Wildman–Crippen LogP) is 0.570. The van der Waals surface area contributed by atoms with E-state index in [-0.39, 0.29) is 5.11 Å². The summed E-state index contributed by atoms with van der Waals surface area (Å²) in [6, 6.07) is 9.00. The van der Waals surface area contributed by atoms with Gasteiger partial charge in [-0.3, -0.25) is 15.9 Å². The van der Waals surface area contributed by atoms with E-state index >= 15 is 0 Å². The van der Waals surface area contributed by atoms with Gasteiger partial charge in [-0.05, 0) is 24.4 Å². The van der Waals surface area contributed by atoms with E-state index in [4.69, 9.17) is 9.79 Å². The minimum absolute atomic E-state index is 0.174. The molecule has 82 valence electrons. The molecule has 0 saturated carbocycles. The minimum atomic E-state index is -4.34. The SMILES string of the molecule is O=P(O)(O)NC(=S)NNc1ccccc1. The molecule has 0 aliphatic rings. The quantitative estimate of drug-likeness (QED) is 0.303. The number of hydrogen-bond acceptors (Lipinski definition) is 3. The molecule has 0 aromatic heterocycles. The van der Waals surface area contributed by atoms with E-state index in [2.05, 4.69) is 23.1 Å². The molecule has 6 nitrogen and oxygen atoms in total. The van der Waals surface area contributed by atoms with Gasteiger partial charge >= 0.3 is 7.75 Å². The van der Waals surface area contributed by atoms with Gasteiger partial charge in [0.2, 0.25) is 0 Å². The molecular formula is C7H10N3O3PS. The van der Waals surface area contributed by atoms with Crippen LogP contribution in [-0.4, -0.2) is 14.9 Å². The summed E-state index contributed by atoms with van der Waals surface area (Å²) in [4.78, 5) is 17.1. The number of thiocarbonyl (C=S) groups is 1. The highest BCUT2D eigenvalue weighted by molar-refractivity contribution is 7.81. The first kappa shape index (κ1) is 11.9. The van der Waals surface area contributed by atoms with Crippen LogP contribution in [0.15, 0.2) is 30.3 Å². The van der Waals surface area contributed by atoms with Crippen molar-refractivity contribution in [3.63, 3.8) is 0 Å². The summed E-state index contributed by atoms with van der Waals surface area (Å²) in [5.74, 6) is 0. The second-order valence-electron chi connectivity index (χ2n) is 2.60. The monoisotopic (exact) mass is 247 g/mol. The summed E-state index contributed by atoms with van der Waals surface area (Å²) in [5.41, 5.74) is 5.83. The Morgan fingerprint density at radius 1 is 1.27 bits per heavy atom. The third-order valence-electron chi connectivity index (χ3n) is 1.34. The molecule has 8 heteroatoms. The van der Waals surface area contributed by atoms with Gasteiger partial charge in [0.15, 0.2) is 5.11 Å². The maximum atomic E-state index is 10.5. The van der Waals surface area contributed by atoms with Gasteiger partial charge in [0.05, 0.1) is 5.69 Å². The molecule has 0 atom stereocenters. The van der Waals surface area contributed by atoms with Crippen molar-refractivity contribution in [1.29, 1.82) is 0 Å². The summed E-state index contributed by atoms with van der Waals surface area (Å²) in [5, 5.41) is 1.64. The van der Waals surface area contributed by atoms with Gasteiger partial charge in [0.25, 0.3) is 0 Å².